The van der Waals surface area contributed by atoms with Crippen LogP contribution in [0.5, 0.6) is 0 Å². The summed E-state index contributed by atoms with van der Waals surface area (Å²) in [6.07, 6.45) is 4.11. The fourth-order valence-electron chi connectivity index (χ4n) is 5.76. The molecule has 6 rings (SSSR count). The van der Waals surface area contributed by atoms with E-state index in [0.29, 0.717) is 25.7 Å². The summed E-state index contributed by atoms with van der Waals surface area (Å²) in [4.78, 5) is 0. The SMILES string of the molecule is CCCCC1[C-]=CC(C(C)(C)C)=C1.Cc1[c-]c2c(cc1)-c1ccc(C)cc1C2.FC(F)(F)c1ccc([C](=[Zr+2])c2ccc(C(F)(F)F)cc2)cc1.[Cl-].[Cl-]. The van der Waals surface area contributed by atoms with E-state index in [9.17, 15) is 26.3 Å². The average molecular weight is 835 g/mol. The van der Waals surface area contributed by atoms with Gasteiger partial charge in [-0.3, -0.25) is 6.08 Å². The number of benzene rings is 4. The second-order valence-corrected chi connectivity index (χ2v) is 15.1. The molecule has 4 aromatic rings. The van der Waals surface area contributed by atoms with Crippen LogP contribution in [0.3, 0.4) is 0 Å². The molecule has 0 saturated heterocycles. The summed E-state index contributed by atoms with van der Waals surface area (Å²) < 4.78 is 75.6. The molecule has 276 valence electrons. The molecule has 0 fully saturated rings. The van der Waals surface area contributed by atoms with Gasteiger partial charge in [-0.1, -0.05) is 94.5 Å². The van der Waals surface area contributed by atoms with E-state index in [-0.39, 0.29) is 24.8 Å². The maximum Gasteiger partial charge on any atom is -1.00 e. The first kappa shape index (κ1) is 45.4. The second kappa shape index (κ2) is 19.0. The number of halogens is 8. The first-order chi connectivity index (χ1) is 23.4. The Morgan fingerprint density at radius 3 is 1.73 bits per heavy atom. The predicted octanol–water partition coefficient (Wildman–Crippen LogP) is 6.66. The van der Waals surface area contributed by atoms with Crippen LogP contribution in [0.2, 0.25) is 0 Å². The van der Waals surface area contributed by atoms with Crippen LogP contribution < -0.4 is 24.8 Å². The summed E-state index contributed by atoms with van der Waals surface area (Å²) in [6, 6.07) is 23.7. The molecular weight excluding hydrogens is 793 g/mol. The van der Waals surface area contributed by atoms with E-state index < -0.39 is 23.5 Å². The Balaban J connectivity index is 0.000000276. The van der Waals surface area contributed by atoms with Gasteiger partial charge in [0.05, 0.1) is 0 Å². The van der Waals surface area contributed by atoms with Crippen molar-refractivity contribution in [1.29, 1.82) is 0 Å². The van der Waals surface area contributed by atoms with Gasteiger partial charge in [-0.15, -0.1) is 11.1 Å². The molecule has 1 atom stereocenters. The van der Waals surface area contributed by atoms with E-state index in [4.69, 9.17) is 0 Å². The summed E-state index contributed by atoms with van der Waals surface area (Å²) in [5.41, 5.74) is 9.51. The van der Waals surface area contributed by atoms with Crippen LogP contribution >= 0.6 is 0 Å². The minimum Gasteiger partial charge on any atom is -1.00 e. The van der Waals surface area contributed by atoms with Crippen molar-refractivity contribution in [2.75, 3.05) is 0 Å². The predicted molar refractivity (Wildman–Crippen MR) is 187 cm³/mol. The van der Waals surface area contributed by atoms with Crippen LogP contribution in [-0.2, 0) is 43.0 Å². The number of aryl methyl sites for hydroxylation is 2. The Morgan fingerprint density at radius 1 is 0.750 bits per heavy atom. The molecule has 0 radical (unpaired) electrons. The smallest absolute Gasteiger partial charge is 1.00 e. The minimum absolute atomic E-state index is 0. The molecule has 2 aliphatic carbocycles. The summed E-state index contributed by atoms with van der Waals surface area (Å²) in [6.45, 7) is 13.3. The molecule has 0 nitrogen and oxygen atoms in total. The largest absolute Gasteiger partial charge is 1.00 e. The molecule has 52 heavy (non-hydrogen) atoms. The molecule has 2 aliphatic rings. The van der Waals surface area contributed by atoms with Crippen LogP contribution in [0.1, 0.15) is 91.5 Å². The van der Waals surface area contributed by atoms with E-state index in [1.165, 1.54) is 82.5 Å². The Morgan fingerprint density at radius 2 is 1.27 bits per heavy atom. The van der Waals surface area contributed by atoms with Gasteiger partial charge < -0.3 is 24.8 Å². The Labute approximate surface area is 332 Å². The Bertz CT molecular complexity index is 1740. The molecular formula is C43H42Cl2F6Zr-2. The van der Waals surface area contributed by atoms with Crippen molar-refractivity contribution in [3.63, 3.8) is 0 Å². The van der Waals surface area contributed by atoms with Gasteiger partial charge in [0.1, 0.15) is 0 Å². The zero-order valence-corrected chi connectivity index (χ0v) is 34.1. The van der Waals surface area contributed by atoms with E-state index >= 15 is 0 Å². The van der Waals surface area contributed by atoms with Gasteiger partial charge in [0.2, 0.25) is 0 Å². The van der Waals surface area contributed by atoms with Gasteiger partial charge in [0.15, 0.2) is 0 Å². The first-order valence-corrected chi connectivity index (χ1v) is 18.0. The molecule has 0 bridgehead atoms. The van der Waals surface area contributed by atoms with Gasteiger partial charge in [0, 0.05) is 0 Å². The number of fused-ring (bicyclic) bond motifs is 3. The third-order valence-corrected chi connectivity index (χ3v) is 10.1. The molecule has 0 heterocycles. The molecule has 9 heteroatoms. The fraction of sp³-hybridized carbons (Fsp3) is 0.326. The number of hydrogen-bond donors (Lipinski definition) is 0. The molecule has 1 unspecified atom stereocenters. The van der Waals surface area contributed by atoms with Gasteiger partial charge in [-0.2, -0.15) is 35.4 Å². The summed E-state index contributed by atoms with van der Waals surface area (Å²) in [5, 5.41) is 0. The van der Waals surface area contributed by atoms with Crippen molar-refractivity contribution in [3.05, 3.63) is 153 Å². The average Bonchev–Trinajstić information content (AvgIpc) is 3.68. The van der Waals surface area contributed by atoms with Crippen molar-refractivity contribution >= 4 is 3.21 Å². The Hall–Kier alpha value is -2.73. The van der Waals surface area contributed by atoms with Crippen molar-refractivity contribution in [2.45, 2.75) is 79.6 Å². The van der Waals surface area contributed by atoms with Crippen molar-refractivity contribution in [3.8, 4) is 11.1 Å². The number of hydrogen-bond acceptors (Lipinski definition) is 0. The fourth-order valence-corrected chi connectivity index (χ4v) is 6.57. The molecule has 0 N–H and O–H groups in total. The molecule has 4 aromatic carbocycles. The van der Waals surface area contributed by atoms with Crippen LogP contribution in [0.15, 0.2) is 96.6 Å². The van der Waals surface area contributed by atoms with Crippen LogP contribution in [-0.4, -0.2) is 3.21 Å². The molecule has 0 spiro atoms. The summed E-state index contributed by atoms with van der Waals surface area (Å²) >= 11 is 0.898. The third kappa shape index (κ3) is 12.4. The van der Waals surface area contributed by atoms with E-state index in [1.807, 2.05) is 0 Å². The van der Waals surface area contributed by atoms with Crippen LogP contribution in [0.4, 0.5) is 26.3 Å². The first-order valence-electron chi connectivity index (χ1n) is 16.7. The molecule has 0 amide bonds. The minimum atomic E-state index is -4.41. The maximum atomic E-state index is 12.5. The quantitative estimate of drug-likeness (QED) is 0.137. The summed E-state index contributed by atoms with van der Waals surface area (Å²) in [5.74, 6) is 0.592. The zero-order chi connectivity index (χ0) is 36.9. The second-order valence-electron chi connectivity index (χ2n) is 13.8. The van der Waals surface area contributed by atoms with Gasteiger partial charge in [-0.05, 0) is 18.9 Å². The van der Waals surface area contributed by atoms with Crippen LogP contribution in [0, 0.1) is 37.3 Å². The topological polar surface area (TPSA) is 0 Å². The standard InChI is InChI=1S/C15H8F6.C15H13.C13H21.2ClH.Zr/c16-14(17,18)12-5-1-10(2-6-12)9-11-3-7-13(8-4-11)15(19,20)21;1-10-3-5-14-12(7-10)9-13-8-11(2)4-6-15(13)14;1-5-6-7-11-8-9-12(10-11)13(2,3)4;;;/h1-8H;3-7H,9H2,1-2H3;9-11H,5-7H2,1-4H3;2*1H;/q;2*-1;;;+2/p-2. The number of allylic oxidation sites excluding steroid dienone is 4. The van der Waals surface area contributed by atoms with Crippen molar-refractivity contribution in [2.24, 2.45) is 11.3 Å². The number of unbranched alkanes of at least 4 members (excludes halogenated alkanes) is 1. The van der Waals surface area contributed by atoms with Crippen molar-refractivity contribution < 1.29 is 75.4 Å². The molecule has 0 aromatic heterocycles. The van der Waals surface area contributed by atoms with E-state index in [2.05, 4.69) is 96.2 Å². The van der Waals surface area contributed by atoms with Crippen molar-refractivity contribution in [1.82, 2.24) is 0 Å². The zero-order valence-electron chi connectivity index (χ0n) is 30.1. The van der Waals surface area contributed by atoms with Gasteiger partial charge in [-0.25, -0.2) is 6.08 Å². The normalized spacial score (nSPS) is 14.3. The molecule has 0 aliphatic heterocycles. The van der Waals surface area contributed by atoms with E-state index in [1.54, 1.807) is 0 Å². The maximum absolute atomic E-state index is 12.5. The summed E-state index contributed by atoms with van der Waals surface area (Å²) in [7, 11) is 0. The Kier molecular flexibility index (Phi) is 16.6. The van der Waals surface area contributed by atoms with Gasteiger partial charge in [0.25, 0.3) is 0 Å². The van der Waals surface area contributed by atoms with E-state index in [0.717, 1.165) is 54.9 Å². The monoisotopic (exact) mass is 832 g/mol. The molecule has 0 saturated carbocycles. The van der Waals surface area contributed by atoms with Gasteiger partial charge >= 0.3 is 137 Å². The number of rotatable bonds is 5. The van der Waals surface area contributed by atoms with Crippen LogP contribution in [0.25, 0.3) is 11.1 Å². The third-order valence-electron chi connectivity index (χ3n) is 8.66. The number of alkyl halides is 6.